The van der Waals surface area contributed by atoms with Gasteiger partial charge in [0.1, 0.15) is 41.1 Å². The fourth-order valence-corrected chi connectivity index (χ4v) is 9.66. The molecule has 4 aliphatic rings. The van der Waals surface area contributed by atoms with Crippen molar-refractivity contribution in [3.8, 4) is 5.75 Å². The predicted molar refractivity (Wildman–Crippen MR) is 217 cm³/mol. The number of rotatable bonds is 16. The van der Waals surface area contributed by atoms with Crippen LogP contribution < -0.4 is 4.74 Å². The highest BCUT2D eigenvalue weighted by Gasteiger charge is 2.59. The van der Waals surface area contributed by atoms with Crippen molar-refractivity contribution in [3.05, 3.63) is 71.3 Å². The van der Waals surface area contributed by atoms with E-state index in [9.17, 15) is 24.0 Å². The van der Waals surface area contributed by atoms with Crippen molar-refractivity contribution in [3.63, 3.8) is 0 Å². The molecule has 0 aromatic heterocycles. The molecule has 6 atom stereocenters. The van der Waals surface area contributed by atoms with Gasteiger partial charge in [0, 0.05) is 41.4 Å². The van der Waals surface area contributed by atoms with Gasteiger partial charge in [0.15, 0.2) is 0 Å². The molecule has 3 saturated carbocycles. The average molecular weight is 749 g/mol. The second kappa shape index (κ2) is 16.2. The Morgan fingerprint density at radius 3 is 2.31 bits per heavy atom. The van der Waals surface area contributed by atoms with Crippen LogP contribution in [0.15, 0.2) is 54.6 Å². The molecule has 0 heterocycles. The molecular formula is C48H60O7. The van der Waals surface area contributed by atoms with Crippen molar-refractivity contribution in [2.75, 3.05) is 0 Å². The maximum Gasteiger partial charge on any atom is 0.306 e. The molecular weight excluding hydrogens is 689 g/mol. The summed E-state index contributed by atoms with van der Waals surface area (Å²) < 4.78 is 12.8. The second-order valence-corrected chi connectivity index (χ2v) is 18.1. The molecule has 0 aliphatic heterocycles. The number of esters is 1. The van der Waals surface area contributed by atoms with Gasteiger partial charge in [-0.05, 0) is 136 Å². The highest BCUT2D eigenvalue weighted by molar-refractivity contribution is 5.98. The number of carbonyl (C=O) groups is 5. The first-order valence-corrected chi connectivity index (χ1v) is 20.6. The lowest BCUT2D eigenvalue weighted by Crippen LogP contribution is -2.39. The Morgan fingerprint density at radius 1 is 0.982 bits per heavy atom. The summed E-state index contributed by atoms with van der Waals surface area (Å²) in [5.41, 5.74) is 4.22. The molecule has 0 radical (unpaired) electrons. The van der Waals surface area contributed by atoms with E-state index in [2.05, 4.69) is 56.8 Å². The average Bonchev–Trinajstić information content (AvgIpc) is 3.52. The lowest BCUT2D eigenvalue weighted by molar-refractivity contribution is -0.154. The molecule has 3 fully saturated rings. The Morgan fingerprint density at radius 2 is 1.69 bits per heavy atom. The van der Waals surface area contributed by atoms with Crippen LogP contribution in [0.2, 0.25) is 0 Å². The van der Waals surface area contributed by atoms with E-state index >= 15 is 0 Å². The van der Waals surface area contributed by atoms with E-state index in [0.29, 0.717) is 31.4 Å². The van der Waals surface area contributed by atoms with Crippen LogP contribution >= 0.6 is 0 Å². The molecule has 0 spiro atoms. The second-order valence-electron chi connectivity index (χ2n) is 18.1. The molecule has 0 saturated heterocycles. The largest absolute Gasteiger partial charge is 0.490 e. The minimum atomic E-state index is -0.761. The van der Waals surface area contributed by atoms with Crippen molar-refractivity contribution in [2.24, 2.45) is 34.5 Å². The number of allylic oxidation sites excluding steroid dienone is 5. The normalized spacial score (nSPS) is 25.7. The van der Waals surface area contributed by atoms with E-state index in [1.807, 2.05) is 20.8 Å². The van der Waals surface area contributed by atoms with Gasteiger partial charge in [-0.3, -0.25) is 24.0 Å². The molecule has 55 heavy (non-hydrogen) atoms. The van der Waals surface area contributed by atoms with Crippen LogP contribution in [-0.4, -0.2) is 41.3 Å². The number of Topliss-reactive ketones (excluding diaryl/α,β-unsaturated/α-hetero) is 4. The molecule has 7 nitrogen and oxygen atoms in total. The molecule has 2 aromatic rings. The van der Waals surface area contributed by atoms with Crippen LogP contribution in [0.3, 0.4) is 0 Å². The monoisotopic (exact) mass is 748 g/mol. The van der Waals surface area contributed by atoms with Crippen molar-refractivity contribution in [1.82, 2.24) is 0 Å². The molecule has 0 bridgehead atoms. The zero-order valence-corrected chi connectivity index (χ0v) is 34.1. The summed E-state index contributed by atoms with van der Waals surface area (Å²) in [5.74, 6) is -1.74. The summed E-state index contributed by atoms with van der Waals surface area (Å²) in [4.78, 5) is 67.4. The van der Waals surface area contributed by atoms with Gasteiger partial charge in [0.2, 0.25) is 0 Å². The van der Waals surface area contributed by atoms with Gasteiger partial charge in [0.05, 0.1) is 6.42 Å². The third kappa shape index (κ3) is 8.81. The first-order valence-electron chi connectivity index (χ1n) is 20.6. The number of carbonyl (C=O) groups excluding carboxylic acids is 5. The van der Waals surface area contributed by atoms with E-state index < -0.39 is 34.7 Å². The zero-order chi connectivity index (χ0) is 39.8. The van der Waals surface area contributed by atoms with Crippen LogP contribution in [-0.2, 0) is 35.1 Å². The van der Waals surface area contributed by atoms with Crippen LogP contribution in [0.25, 0.3) is 16.3 Å². The molecule has 294 valence electrons. The molecule has 2 aromatic carbocycles. The number of ether oxygens (including phenoxy) is 2. The van der Waals surface area contributed by atoms with Gasteiger partial charge in [0.25, 0.3) is 0 Å². The number of hydrogen-bond acceptors (Lipinski definition) is 7. The Labute approximate surface area is 327 Å². The number of fused-ring (bicyclic) bond motifs is 1. The van der Waals surface area contributed by atoms with Gasteiger partial charge >= 0.3 is 5.97 Å². The summed E-state index contributed by atoms with van der Waals surface area (Å²) in [6, 6.07) is 8.61. The highest BCUT2D eigenvalue weighted by Crippen LogP contribution is 2.58. The van der Waals surface area contributed by atoms with Crippen LogP contribution in [0.5, 0.6) is 5.75 Å². The lowest BCUT2D eigenvalue weighted by atomic mass is 9.70. The maximum absolute atomic E-state index is 14.8. The van der Waals surface area contributed by atoms with E-state index in [-0.39, 0.29) is 54.0 Å². The maximum atomic E-state index is 14.8. The highest BCUT2D eigenvalue weighted by atomic mass is 16.5. The van der Waals surface area contributed by atoms with Gasteiger partial charge in [-0.15, -0.1) is 6.58 Å². The third-order valence-corrected chi connectivity index (χ3v) is 13.1. The fourth-order valence-electron chi connectivity index (χ4n) is 9.66. The van der Waals surface area contributed by atoms with Crippen LogP contribution in [0.1, 0.15) is 129 Å². The Hall–Kier alpha value is -4.13. The summed E-state index contributed by atoms with van der Waals surface area (Å²) in [6.07, 6.45) is 12.6. The zero-order valence-electron chi connectivity index (χ0n) is 34.1. The number of hydrogen-bond donors (Lipinski definition) is 0. The molecule has 4 aliphatic carbocycles. The minimum absolute atomic E-state index is 0.0197. The van der Waals surface area contributed by atoms with E-state index in [4.69, 9.17) is 9.47 Å². The number of aryl methyl sites for hydroxylation is 2. The van der Waals surface area contributed by atoms with Crippen LogP contribution in [0, 0.1) is 41.4 Å². The SMILES string of the molecule is C=CC1CC1(CC(=O)C1CC(Oc2cc(C3=CCC(CC(C)=O)=C3)cc3cc(C)c(CC)cc23)CC1C(=O)C(CC(=O)OC1CCCC1)C(C)(C)C)C(C)=O. The Balaban J connectivity index is 1.34. The predicted octanol–water partition coefficient (Wildman–Crippen LogP) is 10.0. The van der Waals surface area contributed by atoms with Crippen molar-refractivity contribution in [2.45, 2.75) is 138 Å². The van der Waals surface area contributed by atoms with Gasteiger partial charge in [-0.2, -0.15) is 0 Å². The molecule has 0 amide bonds. The Bertz CT molecular complexity index is 1950. The van der Waals surface area contributed by atoms with E-state index in [1.165, 1.54) is 11.1 Å². The van der Waals surface area contributed by atoms with Crippen LogP contribution in [0.4, 0.5) is 0 Å². The van der Waals surface area contributed by atoms with E-state index in [1.54, 1.807) is 19.9 Å². The summed E-state index contributed by atoms with van der Waals surface area (Å²) in [6.45, 7) is 17.2. The molecule has 0 N–H and O–H groups in total. The van der Waals surface area contributed by atoms with Gasteiger partial charge < -0.3 is 9.47 Å². The summed E-state index contributed by atoms with van der Waals surface area (Å²) >= 11 is 0. The van der Waals surface area contributed by atoms with Gasteiger partial charge in [-0.25, -0.2) is 0 Å². The summed E-state index contributed by atoms with van der Waals surface area (Å²) in [5, 5.41) is 2.01. The van der Waals surface area contributed by atoms with E-state index in [0.717, 1.165) is 66.0 Å². The Kier molecular flexibility index (Phi) is 11.9. The number of benzene rings is 2. The van der Waals surface area contributed by atoms with Gasteiger partial charge in [-0.1, -0.05) is 57.6 Å². The first-order chi connectivity index (χ1) is 26.0. The molecule has 7 heteroatoms. The summed E-state index contributed by atoms with van der Waals surface area (Å²) in [7, 11) is 0. The van der Waals surface area contributed by atoms with Crippen molar-refractivity contribution >= 4 is 45.4 Å². The topological polar surface area (TPSA) is 104 Å². The number of ketones is 4. The minimum Gasteiger partial charge on any atom is -0.490 e. The first kappa shape index (κ1) is 40.5. The van der Waals surface area contributed by atoms with Crippen molar-refractivity contribution in [1.29, 1.82) is 0 Å². The third-order valence-electron chi connectivity index (χ3n) is 13.1. The standard InChI is InChI=1S/C48H60O7/c1-9-32-21-39-35(17-28(32)3)20-34(33-16-15-31(19-33)18-29(4)49)22-44(39)54-38-23-40(43(51)27-48(30(5)50)26-36(48)10-2)41(24-38)46(53)42(47(6,7)8)25-45(52)55-37-13-11-12-14-37/h10,16-17,19-22,36-38,40-42H,2,9,11-15,18,23-27H2,1,3-8H3. The molecule has 6 rings (SSSR count). The van der Waals surface area contributed by atoms with Crippen molar-refractivity contribution < 1.29 is 33.4 Å². The fraction of sp³-hybridized carbons (Fsp3) is 0.562. The quantitative estimate of drug-likeness (QED) is 0.124. The molecule has 6 unspecified atom stereocenters. The lowest BCUT2D eigenvalue weighted by Gasteiger charge is -2.32. The smallest absolute Gasteiger partial charge is 0.306 e.